The van der Waals surface area contributed by atoms with Crippen molar-refractivity contribution < 1.29 is 14.4 Å². The Morgan fingerprint density at radius 3 is 1.50 bits per heavy atom. The minimum atomic E-state index is -0.554. The molecule has 0 saturated heterocycles. The predicted octanol–water partition coefficient (Wildman–Crippen LogP) is 2.74. The van der Waals surface area contributed by atoms with Crippen molar-refractivity contribution in [2.45, 2.75) is 26.7 Å². The van der Waals surface area contributed by atoms with E-state index in [9.17, 15) is 14.4 Å². The molecular weight excluding hydrogens is 228 g/mol. The van der Waals surface area contributed by atoms with Crippen LogP contribution in [0.5, 0.6) is 0 Å². The first kappa shape index (κ1) is 16.0. The maximum atomic E-state index is 11.8. The Morgan fingerprint density at radius 2 is 1.22 bits per heavy atom. The zero-order valence-electron chi connectivity index (χ0n) is 10.8. The van der Waals surface area contributed by atoms with Gasteiger partial charge in [-0.3, -0.25) is 14.4 Å². The summed E-state index contributed by atoms with van der Waals surface area (Å²) in [5.41, 5.74) is -0.0501. The average molecular weight is 246 g/mol. The molecule has 0 aliphatic heterocycles. The van der Waals surface area contributed by atoms with Crippen LogP contribution in [0.4, 0.5) is 0 Å². The van der Waals surface area contributed by atoms with Gasteiger partial charge in [-0.05, 0) is 25.0 Å². The maximum Gasteiger partial charge on any atom is 0.199 e. The number of carbonyl (C=O) groups is 3. The largest absolute Gasteiger partial charge is 0.298 e. The molecule has 3 heteroatoms. The summed E-state index contributed by atoms with van der Waals surface area (Å²) in [6, 6.07) is 0. The lowest BCUT2D eigenvalue weighted by atomic mass is 10.0. The van der Waals surface area contributed by atoms with Crippen molar-refractivity contribution in [3.63, 3.8) is 0 Å². The van der Waals surface area contributed by atoms with Gasteiger partial charge in [0.25, 0.3) is 0 Å². The second-order valence-electron chi connectivity index (χ2n) is 3.48. The summed E-state index contributed by atoms with van der Waals surface area (Å²) in [5, 5.41) is 0. The van der Waals surface area contributed by atoms with E-state index in [0.717, 1.165) is 12.8 Å². The van der Waals surface area contributed by atoms with Crippen LogP contribution in [0.15, 0.2) is 47.6 Å². The third kappa shape index (κ3) is 5.89. The van der Waals surface area contributed by atoms with Crippen LogP contribution in [0.25, 0.3) is 0 Å². The van der Waals surface area contributed by atoms with E-state index in [2.05, 4.69) is 0 Å². The first-order chi connectivity index (χ1) is 8.71. The molecule has 0 atom stereocenters. The van der Waals surface area contributed by atoms with Gasteiger partial charge >= 0.3 is 0 Å². The number of carbonyl (C=O) groups excluding carboxylic acids is 3. The normalized spacial score (nSPS) is 13.2. The first-order valence-electron chi connectivity index (χ1n) is 5.89. The van der Waals surface area contributed by atoms with Crippen molar-refractivity contribution in [3.05, 3.63) is 47.6 Å². The first-order valence-corrected chi connectivity index (χ1v) is 5.89. The quantitative estimate of drug-likeness (QED) is 0.217. The van der Waals surface area contributed by atoms with Crippen LogP contribution in [0.1, 0.15) is 26.7 Å². The van der Waals surface area contributed by atoms with Crippen molar-refractivity contribution in [1.29, 1.82) is 0 Å². The number of hydrogen-bond acceptors (Lipinski definition) is 3. The summed E-state index contributed by atoms with van der Waals surface area (Å²) in [5.74, 6) is -0.554. The van der Waals surface area contributed by atoms with Crippen molar-refractivity contribution in [2.24, 2.45) is 0 Å². The predicted molar refractivity (Wildman–Crippen MR) is 72.2 cm³/mol. The number of allylic oxidation sites excluding steroid dienone is 8. The molecule has 0 heterocycles. The van der Waals surface area contributed by atoms with Gasteiger partial charge in [0.1, 0.15) is 0 Å². The number of hydrogen-bond donors (Lipinski definition) is 0. The van der Waals surface area contributed by atoms with Gasteiger partial charge in [-0.2, -0.15) is 0 Å². The third-order valence-corrected chi connectivity index (χ3v) is 2.07. The molecule has 0 aromatic rings. The second kappa shape index (κ2) is 10.1. The second-order valence-corrected chi connectivity index (χ2v) is 3.48. The van der Waals surface area contributed by atoms with Crippen molar-refractivity contribution in [3.8, 4) is 0 Å². The minimum Gasteiger partial charge on any atom is -0.298 e. The van der Waals surface area contributed by atoms with Gasteiger partial charge in [0.15, 0.2) is 18.4 Å². The summed E-state index contributed by atoms with van der Waals surface area (Å²) < 4.78 is 0. The van der Waals surface area contributed by atoms with E-state index in [1.807, 2.05) is 26.0 Å². The molecule has 0 unspecified atom stereocenters. The lowest BCUT2D eigenvalue weighted by Crippen LogP contribution is -2.08. The summed E-state index contributed by atoms with van der Waals surface area (Å²) >= 11 is 0. The number of ketones is 1. The SMILES string of the molecule is CC/C=C/C=C(/C=O)C(=O)/C(C=O)=C\C=C\CC. The van der Waals surface area contributed by atoms with Crippen LogP contribution in [0, 0.1) is 0 Å². The van der Waals surface area contributed by atoms with Crippen molar-refractivity contribution in [1.82, 2.24) is 0 Å². The fourth-order valence-electron chi connectivity index (χ4n) is 1.12. The molecule has 0 aliphatic carbocycles. The Balaban J connectivity index is 5.06. The van der Waals surface area contributed by atoms with Crippen LogP contribution >= 0.6 is 0 Å². The minimum absolute atomic E-state index is 0.0250. The van der Waals surface area contributed by atoms with E-state index < -0.39 is 5.78 Å². The van der Waals surface area contributed by atoms with Gasteiger partial charge in [-0.15, -0.1) is 0 Å². The molecule has 0 N–H and O–H groups in total. The smallest absolute Gasteiger partial charge is 0.199 e. The van der Waals surface area contributed by atoms with E-state index in [4.69, 9.17) is 0 Å². The van der Waals surface area contributed by atoms with Crippen molar-refractivity contribution >= 4 is 18.4 Å². The molecule has 0 saturated carbocycles. The molecule has 0 rings (SSSR count). The molecule has 0 spiro atoms. The maximum absolute atomic E-state index is 11.8. The highest BCUT2D eigenvalue weighted by molar-refractivity contribution is 6.27. The van der Waals surface area contributed by atoms with Crippen LogP contribution in [0.3, 0.4) is 0 Å². The molecule has 96 valence electrons. The summed E-state index contributed by atoms with van der Waals surface area (Å²) in [6.45, 7) is 3.89. The van der Waals surface area contributed by atoms with Gasteiger partial charge in [0.05, 0.1) is 11.1 Å². The highest BCUT2D eigenvalue weighted by Gasteiger charge is 2.12. The average Bonchev–Trinajstić information content (AvgIpc) is 2.39. The van der Waals surface area contributed by atoms with Crippen LogP contribution in [-0.2, 0) is 14.4 Å². The van der Waals surface area contributed by atoms with Gasteiger partial charge < -0.3 is 0 Å². The lowest BCUT2D eigenvalue weighted by molar-refractivity contribution is -0.116. The van der Waals surface area contributed by atoms with Crippen LogP contribution in [-0.4, -0.2) is 18.4 Å². The summed E-state index contributed by atoms with van der Waals surface area (Å²) in [7, 11) is 0. The Labute approximate surface area is 108 Å². The third-order valence-electron chi connectivity index (χ3n) is 2.07. The number of Topliss-reactive ketones (excluding diaryl/α,β-unsaturated/α-hetero) is 1. The van der Waals surface area contributed by atoms with Crippen molar-refractivity contribution in [2.75, 3.05) is 0 Å². The number of rotatable bonds is 8. The monoisotopic (exact) mass is 246 g/mol. The van der Waals surface area contributed by atoms with E-state index >= 15 is 0 Å². The molecule has 0 radical (unpaired) electrons. The fourth-order valence-corrected chi connectivity index (χ4v) is 1.12. The zero-order valence-corrected chi connectivity index (χ0v) is 10.8. The zero-order chi connectivity index (χ0) is 13.8. The van der Waals surface area contributed by atoms with Gasteiger partial charge in [0, 0.05) is 0 Å². The highest BCUT2D eigenvalue weighted by Crippen LogP contribution is 2.04. The molecule has 18 heavy (non-hydrogen) atoms. The lowest BCUT2D eigenvalue weighted by Gasteiger charge is -1.96. The van der Waals surface area contributed by atoms with E-state index in [0.29, 0.717) is 12.6 Å². The fraction of sp³-hybridized carbons (Fsp3) is 0.267. The van der Waals surface area contributed by atoms with Crippen LogP contribution in [0.2, 0.25) is 0 Å². The summed E-state index contributed by atoms with van der Waals surface area (Å²) in [4.78, 5) is 33.4. The Bertz CT molecular complexity index is 371. The molecule has 0 aromatic carbocycles. The van der Waals surface area contributed by atoms with E-state index in [-0.39, 0.29) is 11.1 Å². The standard InChI is InChI=1S/C15H18O3/c1-3-5-7-9-13(11-16)15(18)14(12-17)10-8-6-4-2/h5-12H,3-4H2,1-2H3/b7-5+,8-6+,13-9-,14-10-. The molecule has 3 nitrogen and oxygen atoms in total. The van der Waals surface area contributed by atoms with E-state index in [1.165, 1.54) is 12.2 Å². The van der Waals surface area contributed by atoms with Gasteiger partial charge in [-0.1, -0.05) is 38.2 Å². The topological polar surface area (TPSA) is 51.2 Å². The molecule has 0 fully saturated rings. The molecule has 0 aromatic heterocycles. The highest BCUT2D eigenvalue weighted by atomic mass is 16.1. The summed E-state index contributed by atoms with van der Waals surface area (Å²) in [6.07, 6.45) is 12.3. The Morgan fingerprint density at radius 1 is 0.833 bits per heavy atom. The number of aldehydes is 2. The van der Waals surface area contributed by atoms with Gasteiger partial charge in [-0.25, -0.2) is 0 Å². The Hall–Kier alpha value is -2.03. The molecule has 0 aliphatic rings. The molecule has 0 bridgehead atoms. The molecule has 0 amide bonds. The van der Waals surface area contributed by atoms with E-state index in [1.54, 1.807) is 12.2 Å². The van der Waals surface area contributed by atoms with Crippen LogP contribution < -0.4 is 0 Å². The van der Waals surface area contributed by atoms with Gasteiger partial charge in [0.2, 0.25) is 0 Å². The molecular formula is C15H18O3. The Kier molecular flexibility index (Phi) is 9.00.